The lowest BCUT2D eigenvalue weighted by molar-refractivity contribution is 0.101. The molecule has 2 aromatic carbocycles. The number of carbonyl (C=O) groups excluding carboxylic acids is 1. The van der Waals surface area contributed by atoms with E-state index in [1.54, 1.807) is 10.6 Å². The van der Waals surface area contributed by atoms with E-state index in [2.05, 4.69) is 10.2 Å². The molecule has 1 amide bonds. The number of hydrogen-bond acceptors (Lipinski definition) is 2. The number of aromatic nitrogens is 1. The summed E-state index contributed by atoms with van der Waals surface area (Å²) in [5, 5.41) is 3.00. The number of para-hydroxylation sites is 3. The Morgan fingerprint density at radius 1 is 0.957 bits per heavy atom. The first-order valence-electron chi connectivity index (χ1n) is 7.47. The van der Waals surface area contributed by atoms with Crippen LogP contribution < -0.4 is 10.2 Å². The smallest absolute Gasteiger partial charge is 0.272 e. The number of anilines is 3. The van der Waals surface area contributed by atoms with Gasteiger partial charge in [-0.3, -0.25) is 4.79 Å². The molecule has 0 fully saturated rings. The minimum absolute atomic E-state index is 0.119. The summed E-state index contributed by atoms with van der Waals surface area (Å²) in [7, 11) is 3.85. The Kier molecular flexibility index (Phi) is 4.15. The second-order valence-corrected chi connectivity index (χ2v) is 5.37. The standard InChI is InChI=1S/C19H19N3O/c1-21-14-8-13-18(21)19(23)20-16-11-6-7-12-17(16)22(2)15-9-4-3-5-10-15/h3-14H,1-2H3,(H,20,23). The van der Waals surface area contributed by atoms with Gasteiger partial charge in [0.2, 0.25) is 0 Å². The number of benzene rings is 2. The number of aryl methyl sites for hydroxylation is 1. The Hall–Kier alpha value is -3.01. The largest absolute Gasteiger partial charge is 0.347 e. The molecule has 116 valence electrons. The molecule has 0 spiro atoms. The molecule has 1 N–H and O–H groups in total. The first kappa shape index (κ1) is 14.9. The minimum Gasteiger partial charge on any atom is -0.347 e. The first-order valence-corrected chi connectivity index (χ1v) is 7.47. The predicted molar refractivity (Wildman–Crippen MR) is 94.3 cm³/mol. The van der Waals surface area contributed by atoms with Crippen molar-refractivity contribution < 1.29 is 4.79 Å². The normalized spacial score (nSPS) is 10.3. The van der Waals surface area contributed by atoms with Gasteiger partial charge in [-0.05, 0) is 36.4 Å². The Bertz CT molecular complexity index is 808. The van der Waals surface area contributed by atoms with E-state index < -0.39 is 0 Å². The lowest BCUT2D eigenvalue weighted by Crippen LogP contribution is -2.18. The van der Waals surface area contributed by atoms with Gasteiger partial charge in [0.05, 0.1) is 11.4 Å². The van der Waals surface area contributed by atoms with Crippen LogP contribution in [0.2, 0.25) is 0 Å². The fraction of sp³-hybridized carbons (Fsp3) is 0.105. The van der Waals surface area contributed by atoms with Crippen LogP contribution in [-0.2, 0) is 7.05 Å². The molecule has 3 aromatic rings. The maximum atomic E-state index is 12.5. The summed E-state index contributed by atoms with van der Waals surface area (Å²) in [5.74, 6) is -0.119. The van der Waals surface area contributed by atoms with E-state index in [4.69, 9.17) is 0 Å². The van der Waals surface area contributed by atoms with E-state index in [0.29, 0.717) is 5.69 Å². The van der Waals surface area contributed by atoms with Gasteiger partial charge in [-0.25, -0.2) is 0 Å². The van der Waals surface area contributed by atoms with Crippen molar-refractivity contribution in [3.63, 3.8) is 0 Å². The topological polar surface area (TPSA) is 37.3 Å². The summed E-state index contributed by atoms with van der Waals surface area (Å²) in [5.41, 5.74) is 3.42. The molecule has 4 heteroatoms. The van der Waals surface area contributed by atoms with E-state index in [9.17, 15) is 4.79 Å². The van der Waals surface area contributed by atoms with Crippen LogP contribution in [-0.4, -0.2) is 17.5 Å². The SMILES string of the molecule is CN(c1ccccc1)c1ccccc1NC(=O)c1cccn1C. The number of carbonyl (C=O) groups is 1. The first-order chi connectivity index (χ1) is 11.2. The third-order valence-corrected chi connectivity index (χ3v) is 3.83. The predicted octanol–water partition coefficient (Wildman–Crippen LogP) is 4.05. The maximum Gasteiger partial charge on any atom is 0.272 e. The van der Waals surface area contributed by atoms with Crippen molar-refractivity contribution in [2.45, 2.75) is 0 Å². The monoisotopic (exact) mass is 305 g/mol. The third-order valence-electron chi connectivity index (χ3n) is 3.83. The number of hydrogen-bond donors (Lipinski definition) is 1. The molecule has 0 aliphatic carbocycles. The van der Waals surface area contributed by atoms with E-state index in [1.165, 1.54) is 0 Å². The molecule has 0 bridgehead atoms. The van der Waals surface area contributed by atoms with E-state index in [1.807, 2.05) is 81.0 Å². The van der Waals surface area contributed by atoms with E-state index >= 15 is 0 Å². The van der Waals surface area contributed by atoms with Crippen molar-refractivity contribution in [3.05, 3.63) is 78.6 Å². The summed E-state index contributed by atoms with van der Waals surface area (Å²) >= 11 is 0. The van der Waals surface area contributed by atoms with E-state index in [-0.39, 0.29) is 5.91 Å². The Labute approximate surface area is 136 Å². The lowest BCUT2D eigenvalue weighted by Gasteiger charge is -2.22. The molecule has 0 aliphatic heterocycles. The summed E-state index contributed by atoms with van der Waals surface area (Å²) in [6.07, 6.45) is 1.86. The zero-order valence-electron chi connectivity index (χ0n) is 13.2. The van der Waals surface area contributed by atoms with Crippen LogP contribution in [0.3, 0.4) is 0 Å². The lowest BCUT2D eigenvalue weighted by atomic mass is 10.2. The second kappa shape index (κ2) is 6.40. The zero-order chi connectivity index (χ0) is 16.2. The van der Waals surface area contributed by atoms with Gasteiger partial charge in [0.15, 0.2) is 0 Å². The number of nitrogens with zero attached hydrogens (tertiary/aromatic N) is 2. The van der Waals surface area contributed by atoms with Crippen molar-refractivity contribution in [3.8, 4) is 0 Å². The number of rotatable bonds is 4. The third kappa shape index (κ3) is 3.11. The fourth-order valence-electron chi connectivity index (χ4n) is 2.55. The molecule has 0 aliphatic rings. The average Bonchev–Trinajstić information content (AvgIpc) is 3.02. The van der Waals surface area contributed by atoms with Crippen LogP contribution in [0.4, 0.5) is 17.1 Å². The zero-order valence-corrected chi connectivity index (χ0v) is 13.2. The van der Waals surface area contributed by atoms with Crippen LogP contribution >= 0.6 is 0 Å². The molecule has 0 saturated carbocycles. The molecular formula is C19H19N3O. The molecule has 1 aromatic heterocycles. The van der Waals surface area contributed by atoms with Gasteiger partial charge in [0, 0.05) is 26.0 Å². The van der Waals surface area contributed by atoms with Crippen LogP contribution in [0.1, 0.15) is 10.5 Å². The molecule has 23 heavy (non-hydrogen) atoms. The van der Waals surface area contributed by atoms with Crippen LogP contribution in [0.5, 0.6) is 0 Å². The highest BCUT2D eigenvalue weighted by molar-refractivity contribution is 6.05. The molecule has 3 rings (SSSR count). The minimum atomic E-state index is -0.119. The van der Waals surface area contributed by atoms with Crippen molar-refractivity contribution in [1.82, 2.24) is 4.57 Å². The van der Waals surface area contributed by atoms with Crippen molar-refractivity contribution in [2.75, 3.05) is 17.3 Å². The molecule has 4 nitrogen and oxygen atoms in total. The summed E-state index contributed by atoms with van der Waals surface area (Å²) in [6, 6.07) is 21.5. The molecule has 0 radical (unpaired) electrons. The molecule has 1 heterocycles. The Morgan fingerprint density at radius 2 is 1.65 bits per heavy atom. The molecule has 0 atom stereocenters. The van der Waals surface area contributed by atoms with Gasteiger partial charge in [-0.2, -0.15) is 0 Å². The highest BCUT2D eigenvalue weighted by atomic mass is 16.1. The molecule has 0 saturated heterocycles. The van der Waals surface area contributed by atoms with Gasteiger partial charge in [0.25, 0.3) is 5.91 Å². The molecule has 0 unspecified atom stereocenters. The Morgan fingerprint density at radius 3 is 2.35 bits per heavy atom. The highest BCUT2D eigenvalue weighted by Gasteiger charge is 2.13. The van der Waals surface area contributed by atoms with Crippen molar-refractivity contribution in [1.29, 1.82) is 0 Å². The van der Waals surface area contributed by atoms with Crippen molar-refractivity contribution >= 4 is 23.0 Å². The number of nitrogens with one attached hydrogen (secondary N) is 1. The highest BCUT2D eigenvalue weighted by Crippen LogP contribution is 2.30. The summed E-state index contributed by atoms with van der Waals surface area (Å²) < 4.78 is 1.80. The molecular weight excluding hydrogens is 286 g/mol. The fourth-order valence-corrected chi connectivity index (χ4v) is 2.55. The average molecular weight is 305 g/mol. The van der Waals surface area contributed by atoms with Gasteiger partial charge >= 0.3 is 0 Å². The van der Waals surface area contributed by atoms with Crippen LogP contribution in [0.25, 0.3) is 0 Å². The maximum absolute atomic E-state index is 12.5. The van der Waals surface area contributed by atoms with Gasteiger partial charge in [0.1, 0.15) is 5.69 Å². The van der Waals surface area contributed by atoms with Gasteiger partial charge in [-0.1, -0.05) is 30.3 Å². The number of amides is 1. The summed E-state index contributed by atoms with van der Waals surface area (Å²) in [6.45, 7) is 0. The van der Waals surface area contributed by atoms with Gasteiger partial charge < -0.3 is 14.8 Å². The summed E-state index contributed by atoms with van der Waals surface area (Å²) in [4.78, 5) is 14.5. The Balaban J connectivity index is 1.89. The van der Waals surface area contributed by atoms with Gasteiger partial charge in [-0.15, -0.1) is 0 Å². The van der Waals surface area contributed by atoms with E-state index in [0.717, 1.165) is 17.1 Å². The second-order valence-electron chi connectivity index (χ2n) is 5.37. The van der Waals surface area contributed by atoms with Crippen LogP contribution in [0.15, 0.2) is 72.9 Å². The van der Waals surface area contributed by atoms with Crippen molar-refractivity contribution in [2.24, 2.45) is 7.05 Å². The van der Waals surface area contributed by atoms with Crippen LogP contribution in [0, 0.1) is 0 Å². The quantitative estimate of drug-likeness (QED) is 0.789.